The Bertz CT molecular complexity index is 510. The normalized spacial score (nSPS) is 14.0. The van der Waals surface area contributed by atoms with E-state index in [0.717, 1.165) is 0 Å². The van der Waals surface area contributed by atoms with Crippen molar-refractivity contribution in [1.82, 2.24) is 5.01 Å². The minimum absolute atomic E-state index is 0.144. The number of rotatable bonds is 1. The summed E-state index contributed by atoms with van der Waals surface area (Å²) >= 11 is 0. The second-order valence-electron chi connectivity index (χ2n) is 3.39. The van der Waals surface area contributed by atoms with Gasteiger partial charge in [-0.15, -0.1) is 0 Å². The molecule has 3 N–H and O–H groups in total. The lowest BCUT2D eigenvalue weighted by Gasteiger charge is -2.06. The van der Waals surface area contributed by atoms with Crippen LogP contribution in [-0.4, -0.2) is 22.7 Å². The van der Waals surface area contributed by atoms with Crippen molar-refractivity contribution >= 4 is 23.4 Å². The molecule has 2 rings (SSSR count). The van der Waals surface area contributed by atoms with E-state index in [4.69, 9.17) is 5.84 Å². The van der Waals surface area contributed by atoms with E-state index in [-0.39, 0.29) is 17.0 Å². The molecule has 0 atom stereocenters. The highest BCUT2D eigenvalue weighted by Crippen LogP contribution is 2.27. The maximum atomic E-state index is 11.6. The summed E-state index contributed by atoms with van der Waals surface area (Å²) in [7, 11) is 0. The Kier molecular flexibility index (Phi) is 2.21. The number of hydrazine groups is 1. The first-order chi connectivity index (χ1) is 7.52. The number of carbonyl (C=O) groups excluding carboxylic acids is 3. The van der Waals surface area contributed by atoms with Crippen LogP contribution in [0, 0.1) is 0 Å². The van der Waals surface area contributed by atoms with E-state index in [1.165, 1.54) is 13.0 Å². The molecule has 0 spiro atoms. The molecule has 1 aromatic carbocycles. The molecule has 16 heavy (non-hydrogen) atoms. The number of carbonyl (C=O) groups is 3. The first-order valence-corrected chi connectivity index (χ1v) is 4.56. The van der Waals surface area contributed by atoms with Crippen molar-refractivity contribution in [2.24, 2.45) is 5.84 Å². The fourth-order valence-electron chi connectivity index (χ4n) is 1.60. The number of hydrogen-bond acceptors (Lipinski definition) is 4. The molecule has 0 saturated carbocycles. The van der Waals surface area contributed by atoms with Crippen LogP contribution in [0.1, 0.15) is 27.6 Å². The van der Waals surface area contributed by atoms with Crippen LogP contribution in [0.4, 0.5) is 5.69 Å². The van der Waals surface area contributed by atoms with Gasteiger partial charge in [0.25, 0.3) is 11.8 Å². The molecular formula is C10H9N3O3. The monoisotopic (exact) mass is 219 g/mol. The second kappa shape index (κ2) is 3.42. The Morgan fingerprint density at radius 2 is 2.00 bits per heavy atom. The molecule has 1 aliphatic heterocycles. The van der Waals surface area contributed by atoms with Gasteiger partial charge in [-0.3, -0.25) is 14.4 Å². The molecule has 1 heterocycles. The van der Waals surface area contributed by atoms with Crippen LogP contribution in [0.25, 0.3) is 0 Å². The zero-order valence-corrected chi connectivity index (χ0v) is 8.48. The SMILES string of the molecule is CC(=O)Nc1cccc2c1C(=O)N(N)C2=O. The Hall–Kier alpha value is -2.21. The third-order valence-corrected chi connectivity index (χ3v) is 2.26. The minimum atomic E-state index is -0.607. The number of anilines is 1. The fourth-order valence-corrected chi connectivity index (χ4v) is 1.60. The van der Waals surface area contributed by atoms with Crippen LogP contribution in [-0.2, 0) is 4.79 Å². The number of amides is 3. The third kappa shape index (κ3) is 1.36. The van der Waals surface area contributed by atoms with Crippen molar-refractivity contribution in [3.05, 3.63) is 29.3 Å². The van der Waals surface area contributed by atoms with Gasteiger partial charge in [0, 0.05) is 6.92 Å². The zero-order valence-electron chi connectivity index (χ0n) is 8.48. The molecule has 0 aromatic heterocycles. The molecule has 1 aromatic rings. The van der Waals surface area contributed by atoms with E-state index in [0.29, 0.717) is 10.7 Å². The molecule has 6 nitrogen and oxygen atoms in total. The lowest BCUT2D eigenvalue weighted by molar-refractivity contribution is -0.114. The summed E-state index contributed by atoms with van der Waals surface area (Å²) in [4.78, 5) is 34.1. The van der Waals surface area contributed by atoms with Crippen molar-refractivity contribution in [2.45, 2.75) is 6.92 Å². The van der Waals surface area contributed by atoms with Gasteiger partial charge >= 0.3 is 0 Å². The highest BCUT2D eigenvalue weighted by molar-refractivity contribution is 6.23. The van der Waals surface area contributed by atoms with Gasteiger partial charge in [-0.1, -0.05) is 6.07 Å². The van der Waals surface area contributed by atoms with Gasteiger partial charge in [0.1, 0.15) is 0 Å². The van der Waals surface area contributed by atoms with Crippen molar-refractivity contribution in [3.8, 4) is 0 Å². The van der Waals surface area contributed by atoms with E-state index in [1.54, 1.807) is 12.1 Å². The van der Waals surface area contributed by atoms with Crippen LogP contribution in [0.15, 0.2) is 18.2 Å². The number of nitrogens with two attached hydrogens (primary N) is 1. The summed E-state index contributed by atoms with van der Waals surface area (Å²) in [5, 5.41) is 3.02. The van der Waals surface area contributed by atoms with Gasteiger partial charge in [-0.05, 0) is 12.1 Å². The topological polar surface area (TPSA) is 92.5 Å². The summed E-state index contributed by atoms with van der Waals surface area (Å²) in [6, 6.07) is 4.62. The highest BCUT2D eigenvalue weighted by atomic mass is 16.2. The third-order valence-electron chi connectivity index (χ3n) is 2.26. The average molecular weight is 219 g/mol. The van der Waals surface area contributed by atoms with Gasteiger partial charge in [-0.25, -0.2) is 10.9 Å². The largest absolute Gasteiger partial charge is 0.326 e. The van der Waals surface area contributed by atoms with Crippen LogP contribution in [0.2, 0.25) is 0 Å². The smallest absolute Gasteiger partial charge is 0.278 e. The maximum Gasteiger partial charge on any atom is 0.278 e. The number of nitrogens with one attached hydrogen (secondary N) is 1. The van der Waals surface area contributed by atoms with Gasteiger partial charge < -0.3 is 5.32 Å². The first-order valence-electron chi connectivity index (χ1n) is 4.56. The van der Waals surface area contributed by atoms with E-state index in [1.807, 2.05) is 0 Å². The number of imide groups is 1. The van der Waals surface area contributed by atoms with E-state index >= 15 is 0 Å². The molecule has 0 radical (unpaired) electrons. The summed E-state index contributed by atoms with van der Waals surface area (Å²) in [5.41, 5.74) is 0.653. The number of benzene rings is 1. The fraction of sp³-hybridized carbons (Fsp3) is 0.100. The summed E-state index contributed by atoms with van der Waals surface area (Å²) in [5.74, 6) is 3.81. The van der Waals surface area contributed by atoms with Crippen molar-refractivity contribution in [1.29, 1.82) is 0 Å². The molecule has 0 fully saturated rings. The Morgan fingerprint density at radius 1 is 1.31 bits per heavy atom. The Balaban J connectivity index is 2.58. The Morgan fingerprint density at radius 3 is 2.62 bits per heavy atom. The molecule has 3 amide bonds. The Labute approximate surface area is 91.0 Å². The zero-order chi connectivity index (χ0) is 11.9. The summed E-state index contributed by atoms with van der Waals surface area (Å²) < 4.78 is 0. The van der Waals surface area contributed by atoms with Gasteiger partial charge in [0.15, 0.2) is 0 Å². The van der Waals surface area contributed by atoms with Gasteiger partial charge in [-0.2, -0.15) is 0 Å². The summed E-state index contributed by atoms with van der Waals surface area (Å²) in [6.45, 7) is 1.32. The van der Waals surface area contributed by atoms with E-state index in [9.17, 15) is 14.4 Å². The van der Waals surface area contributed by atoms with Crippen LogP contribution < -0.4 is 11.2 Å². The van der Waals surface area contributed by atoms with E-state index < -0.39 is 11.8 Å². The standard InChI is InChI=1S/C10H9N3O3/c1-5(14)12-7-4-2-3-6-8(7)10(16)13(11)9(6)15/h2-4H,11H2,1H3,(H,12,14). The molecule has 0 saturated heterocycles. The average Bonchev–Trinajstić information content (AvgIpc) is 2.44. The molecular weight excluding hydrogens is 210 g/mol. The predicted octanol–water partition coefficient (Wildman–Crippen LogP) is 0.115. The molecule has 82 valence electrons. The first kappa shape index (κ1) is 10.3. The number of fused-ring (bicyclic) bond motifs is 1. The van der Waals surface area contributed by atoms with E-state index in [2.05, 4.69) is 5.32 Å². The predicted molar refractivity (Wildman–Crippen MR) is 55.4 cm³/mol. The van der Waals surface area contributed by atoms with Crippen molar-refractivity contribution in [2.75, 3.05) is 5.32 Å². The summed E-state index contributed by atoms with van der Waals surface area (Å²) in [6.07, 6.45) is 0. The highest BCUT2D eigenvalue weighted by Gasteiger charge is 2.35. The lowest BCUT2D eigenvalue weighted by Crippen LogP contribution is -2.36. The second-order valence-corrected chi connectivity index (χ2v) is 3.39. The molecule has 1 aliphatic rings. The molecule has 6 heteroatoms. The van der Waals surface area contributed by atoms with Gasteiger partial charge in [0.2, 0.25) is 5.91 Å². The molecule has 0 aliphatic carbocycles. The maximum absolute atomic E-state index is 11.6. The van der Waals surface area contributed by atoms with Crippen LogP contribution >= 0.6 is 0 Å². The lowest BCUT2D eigenvalue weighted by atomic mass is 10.1. The number of nitrogens with zero attached hydrogens (tertiary/aromatic N) is 1. The van der Waals surface area contributed by atoms with Crippen molar-refractivity contribution < 1.29 is 14.4 Å². The van der Waals surface area contributed by atoms with Crippen LogP contribution in [0.5, 0.6) is 0 Å². The molecule has 0 bridgehead atoms. The number of hydrogen-bond donors (Lipinski definition) is 2. The quantitative estimate of drug-likeness (QED) is 0.398. The van der Waals surface area contributed by atoms with Gasteiger partial charge in [0.05, 0.1) is 16.8 Å². The minimum Gasteiger partial charge on any atom is -0.326 e. The van der Waals surface area contributed by atoms with Crippen molar-refractivity contribution in [3.63, 3.8) is 0 Å². The molecule has 0 unspecified atom stereocenters. The van der Waals surface area contributed by atoms with Crippen LogP contribution in [0.3, 0.4) is 0 Å².